The van der Waals surface area contributed by atoms with Crippen LogP contribution in [-0.4, -0.2) is 41.9 Å². The maximum absolute atomic E-state index is 12.0. The summed E-state index contributed by atoms with van der Waals surface area (Å²) >= 11 is 5.88. The molecule has 2 aromatic rings. The van der Waals surface area contributed by atoms with Crippen molar-refractivity contribution in [2.24, 2.45) is 5.92 Å². The number of H-pyrrole nitrogens is 1. The van der Waals surface area contributed by atoms with Crippen LogP contribution in [0.4, 0.5) is 0 Å². The van der Waals surface area contributed by atoms with Gasteiger partial charge >= 0.3 is 0 Å². The van der Waals surface area contributed by atoms with Gasteiger partial charge in [-0.15, -0.1) is 0 Å². The lowest BCUT2D eigenvalue weighted by atomic mass is 9.51. The van der Waals surface area contributed by atoms with Gasteiger partial charge in [0.2, 0.25) is 0 Å². The zero-order valence-corrected chi connectivity index (χ0v) is 17.0. The molecule has 0 amide bonds. The van der Waals surface area contributed by atoms with Gasteiger partial charge in [0.1, 0.15) is 11.8 Å². The Morgan fingerprint density at radius 1 is 1.39 bits per heavy atom. The van der Waals surface area contributed by atoms with E-state index in [4.69, 9.17) is 21.1 Å². The summed E-state index contributed by atoms with van der Waals surface area (Å²) in [7, 11) is 3.94. The molecule has 6 heteroatoms. The third-order valence-electron chi connectivity index (χ3n) is 7.89. The fraction of sp³-hybridized carbons (Fsp3) is 0.500. The van der Waals surface area contributed by atoms with Crippen LogP contribution in [0.3, 0.4) is 0 Å². The van der Waals surface area contributed by atoms with Crippen molar-refractivity contribution in [3.05, 3.63) is 45.8 Å². The van der Waals surface area contributed by atoms with Gasteiger partial charge in [0, 0.05) is 17.0 Å². The highest BCUT2D eigenvalue weighted by Crippen LogP contribution is 2.67. The van der Waals surface area contributed by atoms with Gasteiger partial charge in [-0.2, -0.15) is 0 Å². The molecule has 3 heterocycles. The second kappa shape index (κ2) is 5.33. The van der Waals surface area contributed by atoms with Crippen LogP contribution in [0.2, 0.25) is 0 Å². The number of fused-ring (bicyclic) bond motifs is 2. The summed E-state index contributed by atoms with van der Waals surface area (Å²) in [6.07, 6.45) is 2.91. The van der Waals surface area contributed by atoms with E-state index in [1.165, 1.54) is 16.7 Å². The highest BCUT2D eigenvalue weighted by atomic mass is 35.5. The summed E-state index contributed by atoms with van der Waals surface area (Å²) in [5.41, 5.74) is 6.40. The third-order valence-corrected chi connectivity index (χ3v) is 8.08. The van der Waals surface area contributed by atoms with E-state index in [0.717, 1.165) is 48.6 Å². The molecule has 4 aliphatic rings. The van der Waals surface area contributed by atoms with Gasteiger partial charge in [-0.05, 0) is 80.1 Å². The first-order valence-corrected chi connectivity index (χ1v) is 10.3. The number of halogens is 1. The molecule has 1 spiro atoms. The Morgan fingerprint density at radius 3 is 2.96 bits per heavy atom. The zero-order valence-electron chi connectivity index (χ0n) is 16.3. The van der Waals surface area contributed by atoms with Gasteiger partial charge in [-0.25, -0.2) is 0 Å². The van der Waals surface area contributed by atoms with Crippen molar-refractivity contribution in [3.63, 3.8) is 0 Å². The van der Waals surface area contributed by atoms with Crippen LogP contribution in [0.1, 0.15) is 51.0 Å². The number of methoxy groups -OCH3 is 1. The molecule has 4 atom stereocenters. The van der Waals surface area contributed by atoms with Crippen molar-refractivity contribution in [2.75, 3.05) is 20.7 Å². The Labute approximate surface area is 169 Å². The molecule has 0 unspecified atom stereocenters. The number of nitrogens with zero attached hydrogens (tertiary/aromatic N) is 1. The molecule has 2 bridgehead atoms. The molecule has 0 radical (unpaired) electrons. The topological polar surface area (TPSA) is 54.6 Å². The fourth-order valence-corrected chi connectivity index (χ4v) is 6.82. The van der Waals surface area contributed by atoms with Gasteiger partial charge in [0.05, 0.1) is 12.8 Å². The minimum Gasteiger partial charge on any atom is -0.493 e. The average molecular weight is 399 g/mol. The number of likely N-dealkylation sites (tertiary alicyclic amines) is 1. The van der Waals surface area contributed by atoms with Crippen LogP contribution >= 0.6 is 11.6 Å². The SMILES string of the molecule is COc1ccc2c3c1O[C@H]1c4[nH]c(C(=O)Cl)c(C)c4C[C@H]4[C@@H](C2)N(C)CC[C@]314. The van der Waals surface area contributed by atoms with E-state index in [-0.39, 0.29) is 11.5 Å². The first-order valence-electron chi connectivity index (χ1n) is 9.95. The maximum Gasteiger partial charge on any atom is 0.268 e. The van der Waals surface area contributed by atoms with E-state index in [1.807, 2.05) is 13.0 Å². The van der Waals surface area contributed by atoms with Gasteiger partial charge in [0.25, 0.3) is 5.24 Å². The molecule has 0 saturated carbocycles. The molecule has 5 nitrogen and oxygen atoms in total. The molecule has 6 rings (SSSR count). The van der Waals surface area contributed by atoms with E-state index in [1.54, 1.807) is 7.11 Å². The predicted molar refractivity (Wildman–Crippen MR) is 106 cm³/mol. The van der Waals surface area contributed by atoms with Crippen LogP contribution < -0.4 is 9.47 Å². The highest BCUT2D eigenvalue weighted by molar-refractivity contribution is 6.67. The number of carbonyl (C=O) groups is 1. The number of carbonyl (C=O) groups excluding carboxylic acids is 1. The number of hydrogen-bond acceptors (Lipinski definition) is 4. The second-order valence-corrected chi connectivity index (χ2v) is 9.12. The van der Waals surface area contributed by atoms with E-state index in [0.29, 0.717) is 17.7 Å². The Bertz CT molecular complexity index is 1040. The molecule has 146 valence electrons. The van der Waals surface area contributed by atoms with Gasteiger partial charge in [-0.3, -0.25) is 4.79 Å². The lowest BCUT2D eigenvalue weighted by molar-refractivity contribution is -0.0256. The number of hydrogen-bond donors (Lipinski definition) is 1. The smallest absolute Gasteiger partial charge is 0.268 e. The van der Waals surface area contributed by atoms with Crippen molar-refractivity contribution in [1.29, 1.82) is 0 Å². The average Bonchev–Trinajstić information content (AvgIpc) is 3.19. The summed E-state index contributed by atoms with van der Waals surface area (Å²) in [6.45, 7) is 3.05. The van der Waals surface area contributed by atoms with Crippen LogP contribution in [0.15, 0.2) is 12.1 Å². The Hall–Kier alpha value is -1.98. The number of piperidine rings is 1. The normalized spacial score (nSPS) is 31.8. The molecular weight excluding hydrogens is 376 g/mol. The molecule has 2 aliphatic carbocycles. The quantitative estimate of drug-likeness (QED) is 0.786. The van der Waals surface area contributed by atoms with Gasteiger partial charge < -0.3 is 19.4 Å². The van der Waals surface area contributed by atoms with Crippen molar-refractivity contribution in [1.82, 2.24) is 9.88 Å². The minimum atomic E-state index is -0.429. The number of ether oxygens (including phenoxy) is 2. The number of rotatable bonds is 2. The van der Waals surface area contributed by atoms with E-state index in [9.17, 15) is 4.79 Å². The van der Waals surface area contributed by atoms with Gasteiger partial charge in [-0.1, -0.05) is 6.07 Å². The Morgan fingerprint density at radius 2 is 2.21 bits per heavy atom. The van der Waals surface area contributed by atoms with Crippen LogP contribution in [-0.2, 0) is 18.3 Å². The largest absolute Gasteiger partial charge is 0.493 e. The molecule has 28 heavy (non-hydrogen) atoms. The summed E-state index contributed by atoms with van der Waals surface area (Å²) in [5.74, 6) is 2.16. The van der Waals surface area contributed by atoms with E-state index >= 15 is 0 Å². The van der Waals surface area contributed by atoms with Crippen LogP contribution in [0, 0.1) is 12.8 Å². The molecule has 1 saturated heterocycles. The van der Waals surface area contributed by atoms with Crippen molar-refractivity contribution < 1.29 is 14.3 Å². The fourth-order valence-electron chi connectivity index (χ4n) is 6.63. The monoisotopic (exact) mass is 398 g/mol. The van der Waals surface area contributed by atoms with Crippen molar-refractivity contribution in [3.8, 4) is 11.5 Å². The number of nitrogens with one attached hydrogen (secondary N) is 1. The molecule has 1 aromatic carbocycles. The second-order valence-electron chi connectivity index (χ2n) is 8.77. The molecule has 1 aromatic heterocycles. The lowest BCUT2D eigenvalue weighted by Crippen LogP contribution is -2.62. The predicted octanol–water partition coefficient (Wildman–Crippen LogP) is 3.51. The van der Waals surface area contributed by atoms with Crippen LogP contribution in [0.25, 0.3) is 0 Å². The first-order chi connectivity index (χ1) is 13.5. The molecular formula is C22H23ClN2O3. The summed E-state index contributed by atoms with van der Waals surface area (Å²) < 4.78 is 12.3. The molecule has 1 N–H and O–H groups in total. The van der Waals surface area contributed by atoms with Crippen molar-refractivity contribution in [2.45, 2.75) is 43.7 Å². The summed E-state index contributed by atoms with van der Waals surface area (Å²) in [5, 5.41) is -0.429. The zero-order chi connectivity index (χ0) is 19.4. The lowest BCUT2D eigenvalue weighted by Gasteiger charge is -2.57. The standard InChI is InChI=1S/C22H23ClN2O3/c1-10-12-9-13-14-8-11-4-5-15(27-3)19-16(11)22(13,6-7-25(14)2)20(28-19)18(12)24-17(10)21(23)26/h4-5,13-14,20,24H,6-9H2,1-3H3/t13-,14+,20-,22-/m0/s1. The summed E-state index contributed by atoms with van der Waals surface area (Å²) in [4.78, 5) is 17.9. The number of likely N-dealkylation sites (N-methyl/N-ethyl adjacent to an activating group) is 1. The number of benzene rings is 1. The van der Waals surface area contributed by atoms with Crippen LogP contribution in [0.5, 0.6) is 11.5 Å². The third kappa shape index (κ3) is 1.76. The van der Waals surface area contributed by atoms with E-state index in [2.05, 4.69) is 23.0 Å². The minimum absolute atomic E-state index is 0.0639. The Kier molecular flexibility index (Phi) is 3.23. The molecule has 2 aliphatic heterocycles. The molecule has 1 fully saturated rings. The summed E-state index contributed by atoms with van der Waals surface area (Å²) in [6, 6.07) is 4.73. The van der Waals surface area contributed by atoms with Crippen molar-refractivity contribution >= 4 is 16.8 Å². The maximum atomic E-state index is 12.0. The number of aromatic amines is 1. The van der Waals surface area contributed by atoms with E-state index < -0.39 is 5.24 Å². The number of aromatic nitrogens is 1. The highest BCUT2D eigenvalue weighted by Gasteiger charge is 2.65. The first kappa shape index (κ1) is 16.9. The van der Waals surface area contributed by atoms with Gasteiger partial charge in [0.15, 0.2) is 11.5 Å². The Balaban J connectivity index is 1.66.